The molecule has 0 aromatic heterocycles. The van der Waals surface area contributed by atoms with Gasteiger partial charge in [0, 0.05) is 44.3 Å². The molecule has 2 fully saturated rings. The molecule has 3 rings (SSSR count). The standard InChI is InChI=1S/C17H25FN2O2/c1-13-10-19(12-15(13)20-6-8-22-9-7-20)11-14-4-3-5-16(21-2)17(14)18/h3-5,13,15H,6-12H2,1-2H3. The van der Waals surface area contributed by atoms with Gasteiger partial charge in [0.1, 0.15) is 0 Å². The zero-order chi connectivity index (χ0) is 15.5. The van der Waals surface area contributed by atoms with Crippen molar-refractivity contribution < 1.29 is 13.9 Å². The van der Waals surface area contributed by atoms with Crippen LogP contribution in [0.15, 0.2) is 18.2 Å². The summed E-state index contributed by atoms with van der Waals surface area (Å²) in [5.41, 5.74) is 0.717. The van der Waals surface area contributed by atoms with E-state index in [0.29, 0.717) is 29.8 Å². The SMILES string of the molecule is COc1cccc(CN2CC(C)C(N3CCOCC3)C2)c1F. The van der Waals surface area contributed by atoms with Crippen LogP contribution in [0.1, 0.15) is 12.5 Å². The molecular weight excluding hydrogens is 283 g/mol. The topological polar surface area (TPSA) is 24.9 Å². The van der Waals surface area contributed by atoms with Gasteiger partial charge >= 0.3 is 0 Å². The summed E-state index contributed by atoms with van der Waals surface area (Å²) in [4.78, 5) is 4.87. The van der Waals surface area contributed by atoms with Crippen molar-refractivity contribution in [2.75, 3.05) is 46.5 Å². The number of morpholine rings is 1. The summed E-state index contributed by atoms with van der Waals surface area (Å²) in [5, 5.41) is 0. The number of ether oxygens (including phenoxy) is 2. The smallest absolute Gasteiger partial charge is 0.169 e. The Kier molecular flexibility index (Phi) is 4.96. The summed E-state index contributed by atoms with van der Waals surface area (Å²) >= 11 is 0. The third kappa shape index (κ3) is 3.26. The Morgan fingerprint density at radius 1 is 1.27 bits per heavy atom. The van der Waals surface area contributed by atoms with Crippen LogP contribution >= 0.6 is 0 Å². The molecule has 2 aliphatic heterocycles. The molecule has 1 aromatic rings. The van der Waals surface area contributed by atoms with Crippen LogP contribution in [0.3, 0.4) is 0 Å². The van der Waals surface area contributed by atoms with Crippen molar-refractivity contribution in [3.8, 4) is 5.75 Å². The highest BCUT2D eigenvalue weighted by Crippen LogP contribution is 2.26. The van der Waals surface area contributed by atoms with E-state index in [1.54, 1.807) is 6.07 Å². The summed E-state index contributed by atoms with van der Waals surface area (Å²) < 4.78 is 24.8. The molecule has 1 aromatic carbocycles. The zero-order valence-corrected chi connectivity index (χ0v) is 13.4. The van der Waals surface area contributed by atoms with Crippen LogP contribution in [-0.2, 0) is 11.3 Å². The van der Waals surface area contributed by atoms with Crippen LogP contribution in [0.5, 0.6) is 5.75 Å². The molecule has 0 saturated carbocycles. The van der Waals surface area contributed by atoms with Crippen molar-refractivity contribution in [3.63, 3.8) is 0 Å². The maximum atomic E-state index is 14.3. The van der Waals surface area contributed by atoms with E-state index in [4.69, 9.17) is 9.47 Å². The van der Waals surface area contributed by atoms with Gasteiger partial charge in [-0.15, -0.1) is 0 Å². The Morgan fingerprint density at radius 3 is 2.77 bits per heavy atom. The van der Waals surface area contributed by atoms with E-state index in [1.807, 2.05) is 12.1 Å². The third-order valence-corrected chi connectivity index (χ3v) is 4.82. The van der Waals surface area contributed by atoms with Crippen LogP contribution in [-0.4, -0.2) is 62.3 Å². The van der Waals surface area contributed by atoms with E-state index in [2.05, 4.69) is 16.7 Å². The lowest BCUT2D eigenvalue weighted by atomic mass is 10.0. The third-order valence-electron chi connectivity index (χ3n) is 4.82. The molecule has 0 N–H and O–H groups in total. The molecule has 2 atom stereocenters. The molecule has 22 heavy (non-hydrogen) atoms. The molecule has 0 spiro atoms. The molecule has 0 amide bonds. The van der Waals surface area contributed by atoms with E-state index < -0.39 is 0 Å². The minimum atomic E-state index is -0.229. The second kappa shape index (κ2) is 6.94. The van der Waals surface area contributed by atoms with Crippen molar-refractivity contribution in [2.45, 2.75) is 19.5 Å². The summed E-state index contributed by atoms with van der Waals surface area (Å²) in [7, 11) is 1.51. The fourth-order valence-corrected chi connectivity index (χ4v) is 3.64. The molecule has 2 saturated heterocycles. The molecular formula is C17H25FN2O2. The normalized spacial score (nSPS) is 27.2. The molecule has 122 valence electrons. The summed E-state index contributed by atoms with van der Waals surface area (Å²) in [5.74, 6) is 0.703. The van der Waals surface area contributed by atoms with Gasteiger partial charge in [-0.2, -0.15) is 0 Å². The van der Waals surface area contributed by atoms with Crippen LogP contribution in [0.25, 0.3) is 0 Å². The summed E-state index contributed by atoms with van der Waals surface area (Å²) in [6.07, 6.45) is 0. The first kappa shape index (κ1) is 15.7. The zero-order valence-electron chi connectivity index (χ0n) is 13.4. The van der Waals surface area contributed by atoms with Crippen LogP contribution in [0.4, 0.5) is 4.39 Å². The van der Waals surface area contributed by atoms with Gasteiger partial charge in [-0.05, 0) is 12.0 Å². The van der Waals surface area contributed by atoms with E-state index in [-0.39, 0.29) is 5.82 Å². The quantitative estimate of drug-likeness (QED) is 0.849. The highest BCUT2D eigenvalue weighted by atomic mass is 19.1. The lowest BCUT2D eigenvalue weighted by molar-refractivity contribution is 0.0117. The van der Waals surface area contributed by atoms with E-state index in [9.17, 15) is 4.39 Å². The molecule has 0 aliphatic carbocycles. The van der Waals surface area contributed by atoms with Gasteiger partial charge in [0.25, 0.3) is 0 Å². The number of rotatable bonds is 4. The first-order chi connectivity index (χ1) is 10.7. The average molecular weight is 308 g/mol. The van der Waals surface area contributed by atoms with Crippen molar-refractivity contribution >= 4 is 0 Å². The number of likely N-dealkylation sites (tertiary alicyclic amines) is 1. The monoisotopic (exact) mass is 308 g/mol. The average Bonchev–Trinajstić information content (AvgIpc) is 2.91. The largest absolute Gasteiger partial charge is 0.494 e. The Balaban J connectivity index is 1.64. The van der Waals surface area contributed by atoms with Gasteiger partial charge < -0.3 is 9.47 Å². The minimum Gasteiger partial charge on any atom is -0.494 e. The molecule has 0 bridgehead atoms. The van der Waals surface area contributed by atoms with Crippen molar-refractivity contribution in [1.29, 1.82) is 0 Å². The maximum Gasteiger partial charge on any atom is 0.169 e. The molecule has 2 heterocycles. The van der Waals surface area contributed by atoms with E-state index in [0.717, 1.165) is 39.4 Å². The number of halogens is 1. The van der Waals surface area contributed by atoms with E-state index in [1.165, 1.54) is 7.11 Å². The van der Waals surface area contributed by atoms with Crippen molar-refractivity contribution in [1.82, 2.24) is 9.80 Å². The van der Waals surface area contributed by atoms with Gasteiger partial charge in [-0.3, -0.25) is 9.80 Å². The van der Waals surface area contributed by atoms with Gasteiger partial charge in [-0.25, -0.2) is 4.39 Å². The molecule has 0 radical (unpaired) electrons. The first-order valence-corrected chi connectivity index (χ1v) is 8.04. The first-order valence-electron chi connectivity index (χ1n) is 8.04. The summed E-state index contributed by atoms with van der Waals surface area (Å²) in [6, 6.07) is 5.93. The Labute approximate surface area is 131 Å². The number of methoxy groups -OCH3 is 1. The Bertz CT molecular complexity index is 505. The van der Waals surface area contributed by atoms with Gasteiger partial charge in [0.2, 0.25) is 0 Å². The molecule has 4 nitrogen and oxygen atoms in total. The number of benzene rings is 1. The van der Waals surface area contributed by atoms with Crippen LogP contribution in [0.2, 0.25) is 0 Å². The molecule has 2 aliphatic rings. The highest BCUT2D eigenvalue weighted by molar-refractivity contribution is 5.31. The highest BCUT2D eigenvalue weighted by Gasteiger charge is 2.34. The molecule has 5 heteroatoms. The Morgan fingerprint density at radius 2 is 2.05 bits per heavy atom. The van der Waals surface area contributed by atoms with E-state index >= 15 is 0 Å². The van der Waals surface area contributed by atoms with Gasteiger partial charge in [-0.1, -0.05) is 19.1 Å². The fraction of sp³-hybridized carbons (Fsp3) is 0.647. The number of hydrogen-bond donors (Lipinski definition) is 0. The number of hydrogen-bond acceptors (Lipinski definition) is 4. The number of nitrogens with zero attached hydrogens (tertiary/aromatic N) is 2. The molecule has 2 unspecified atom stereocenters. The minimum absolute atomic E-state index is 0.229. The Hall–Kier alpha value is -1.17. The van der Waals surface area contributed by atoms with Gasteiger partial charge in [0.05, 0.1) is 20.3 Å². The second-order valence-electron chi connectivity index (χ2n) is 6.32. The second-order valence-corrected chi connectivity index (χ2v) is 6.32. The van der Waals surface area contributed by atoms with Gasteiger partial charge in [0.15, 0.2) is 11.6 Å². The lowest BCUT2D eigenvalue weighted by Gasteiger charge is -2.34. The van der Waals surface area contributed by atoms with Crippen molar-refractivity contribution in [3.05, 3.63) is 29.6 Å². The maximum absolute atomic E-state index is 14.3. The lowest BCUT2D eigenvalue weighted by Crippen LogP contribution is -2.46. The van der Waals surface area contributed by atoms with Crippen LogP contribution < -0.4 is 4.74 Å². The van der Waals surface area contributed by atoms with Crippen molar-refractivity contribution in [2.24, 2.45) is 5.92 Å². The fourth-order valence-electron chi connectivity index (χ4n) is 3.64. The summed E-state index contributed by atoms with van der Waals surface area (Å²) in [6.45, 7) is 8.63. The van der Waals surface area contributed by atoms with Crippen LogP contribution in [0, 0.1) is 11.7 Å². The predicted molar refractivity (Wildman–Crippen MR) is 83.6 cm³/mol. The predicted octanol–water partition coefficient (Wildman–Crippen LogP) is 1.99.